The summed E-state index contributed by atoms with van der Waals surface area (Å²) < 4.78 is 0. The first-order valence-electron chi connectivity index (χ1n) is 11.2. The van der Waals surface area contributed by atoms with Crippen LogP contribution >= 0.6 is 0 Å². The van der Waals surface area contributed by atoms with Crippen molar-refractivity contribution < 1.29 is 4.79 Å². The van der Waals surface area contributed by atoms with Crippen LogP contribution in [0.3, 0.4) is 0 Å². The van der Waals surface area contributed by atoms with Crippen molar-refractivity contribution in [1.82, 2.24) is 15.8 Å². The fourth-order valence-electron chi connectivity index (χ4n) is 4.20. The Kier molecular flexibility index (Phi) is 9.38. The molecule has 2 aromatic carbocycles. The van der Waals surface area contributed by atoms with E-state index >= 15 is 0 Å². The Balaban J connectivity index is 1.63. The molecule has 1 unspecified atom stereocenters. The average molecular weight is 421 g/mol. The van der Waals surface area contributed by atoms with Crippen molar-refractivity contribution >= 4 is 5.91 Å². The Morgan fingerprint density at radius 2 is 1.71 bits per heavy atom. The molecule has 0 aliphatic carbocycles. The lowest BCUT2D eigenvalue weighted by molar-refractivity contribution is -0.127. The minimum absolute atomic E-state index is 0.0711. The second kappa shape index (κ2) is 12.7. The number of benzene rings is 2. The summed E-state index contributed by atoms with van der Waals surface area (Å²) in [6, 6.07) is 21.2. The lowest BCUT2D eigenvalue weighted by Gasteiger charge is -2.41. The van der Waals surface area contributed by atoms with Gasteiger partial charge in [-0.25, -0.2) is 5.01 Å². The number of nitrogens with zero attached hydrogens (tertiary/aromatic N) is 4. The number of carbonyl (C=O) groups is 1. The topological polar surface area (TPSA) is 93.1 Å². The van der Waals surface area contributed by atoms with E-state index < -0.39 is 0 Å². The highest BCUT2D eigenvalue weighted by Crippen LogP contribution is 2.31. The molecule has 2 aromatic rings. The maximum atomic E-state index is 12.6. The predicted octanol–water partition coefficient (Wildman–Crippen LogP) is 4.38. The standard InChI is InChI=1S/C24H32N6O/c25-29-27-16-10-2-1-9-15-23(31)28-30-18-17-26-19-22(30)24(20-11-5-3-6-12-20)21-13-7-4-8-14-21/h3-8,11-14,22,24,26H,1-2,9-10,15-19H2,(H,28,31). The van der Waals surface area contributed by atoms with Crippen LogP contribution in [0, 0.1) is 0 Å². The first-order valence-corrected chi connectivity index (χ1v) is 11.2. The van der Waals surface area contributed by atoms with Crippen LogP contribution in [-0.4, -0.2) is 43.1 Å². The second-order valence-electron chi connectivity index (χ2n) is 7.92. The molecule has 31 heavy (non-hydrogen) atoms. The van der Waals surface area contributed by atoms with Crippen LogP contribution in [-0.2, 0) is 4.79 Å². The molecule has 1 fully saturated rings. The number of hydrogen-bond acceptors (Lipinski definition) is 4. The summed E-state index contributed by atoms with van der Waals surface area (Å²) in [5, 5.41) is 9.18. The smallest absolute Gasteiger partial charge is 0.234 e. The van der Waals surface area contributed by atoms with Crippen LogP contribution in [0.1, 0.15) is 49.1 Å². The number of amides is 1. The third-order valence-corrected chi connectivity index (χ3v) is 5.73. The summed E-state index contributed by atoms with van der Waals surface area (Å²) in [6.45, 7) is 2.98. The number of rotatable bonds is 11. The van der Waals surface area contributed by atoms with Gasteiger partial charge in [0.2, 0.25) is 5.91 Å². The van der Waals surface area contributed by atoms with Gasteiger partial charge in [-0.15, -0.1) is 0 Å². The van der Waals surface area contributed by atoms with Gasteiger partial charge >= 0.3 is 0 Å². The lowest BCUT2D eigenvalue weighted by Crippen LogP contribution is -2.60. The van der Waals surface area contributed by atoms with Gasteiger partial charge in [-0.2, -0.15) is 0 Å². The SMILES string of the molecule is [N-]=[N+]=NCCCCCCC(=O)NN1CCNCC1C(c1ccccc1)c1ccccc1. The van der Waals surface area contributed by atoms with Crippen LogP contribution in [0.2, 0.25) is 0 Å². The Bertz CT molecular complexity index is 798. The quantitative estimate of drug-likeness (QED) is 0.244. The zero-order chi connectivity index (χ0) is 21.7. The van der Waals surface area contributed by atoms with E-state index in [1.165, 1.54) is 11.1 Å². The third-order valence-electron chi connectivity index (χ3n) is 5.73. The number of unbranched alkanes of at least 4 members (excludes halogenated alkanes) is 3. The summed E-state index contributed by atoms with van der Waals surface area (Å²) >= 11 is 0. The lowest BCUT2D eigenvalue weighted by atomic mass is 9.84. The van der Waals surface area contributed by atoms with Crippen LogP contribution in [0.15, 0.2) is 65.8 Å². The van der Waals surface area contributed by atoms with Crippen molar-refractivity contribution in [3.8, 4) is 0 Å². The third kappa shape index (κ3) is 7.10. The summed E-state index contributed by atoms with van der Waals surface area (Å²) in [7, 11) is 0. The number of carbonyl (C=O) groups excluding carboxylic acids is 1. The number of hydrazine groups is 1. The van der Waals surface area contributed by atoms with Gasteiger partial charge in [0, 0.05) is 43.4 Å². The number of piperazine rings is 1. The molecule has 164 valence electrons. The van der Waals surface area contributed by atoms with Gasteiger partial charge in [0.25, 0.3) is 0 Å². The summed E-state index contributed by atoms with van der Waals surface area (Å²) in [5.41, 5.74) is 14.0. The van der Waals surface area contributed by atoms with E-state index in [4.69, 9.17) is 5.53 Å². The van der Waals surface area contributed by atoms with Crippen LogP contribution in [0.5, 0.6) is 0 Å². The second-order valence-corrected chi connectivity index (χ2v) is 7.92. The molecule has 0 radical (unpaired) electrons. The maximum Gasteiger partial charge on any atom is 0.234 e. The van der Waals surface area contributed by atoms with E-state index in [0.717, 1.165) is 45.3 Å². The molecule has 0 aromatic heterocycles. The molecule has 1 heterocycles. The van der Waals surface area contributed by atoms with E-state index in [1.54, 1.807) is 0 Å². The fraction of sp³-hybridized carbons (Fsp3) is 0.458. The number of nitrogens with one attached hydrogen (secondary N) is 2. The van der Waals surface area contributed by atoms with Crippen molar-refractivity contribution in [3.63, 3.8) is 0 Å². The van der Waals surface area contributed by atoms with E-state index in [1.807, 2.05) is 12.1 Å². The van der Waals surface area contributed by atoms with Crippen molar-refractivity contribution in [2.24, 2.45) is 5.11 Å². The fourth-order valence-corrected chi connectivity index (χ4v) is 4.20. The Morgan fingerprint density at radius 1 is 1.06 bits per heavy atom. The van der Waals surface area contributed by atoms with Crippen LogP contribution in [0.4, 0.5) is 0 Å². The molecule has 0 saturated carbocycles. The summed E-state index contributed by atoms with van der Waals surface area (Å²) in [4.78, 5) is 15.4. The Labute approximate surface area is 184 Å². The molecule has 7 nitrogen and oxygen atoms in total. The molecule has 1 amide bonds. The molecule has 0 spiro atoms. The first-order chi connectivity index (χ1) is 15.3. The summed E-state index contributed by atoms with van der Waals surface area (Å²) in [6.07, 6.45) is 4.18. The van der Waals surface area contributed by atoms with Gasteiger partial charge in [-0.3, -0.25) is 10.2 Å². The molecule has 1 atom stereocenters. The molecular formula is C24H32N6O. The van der Waals surface area contributed by atoms with Gasteiger partial charge in [0.05, 0.1) is 6.04 Å². The van der Waals surface area contributed by atoms with Crippen molar-refractivity contribution in [2.45, 2.75) is 44.1 Å². The largest absolute Gasteiger partial charge is 0.314 e. The number of azide groups is 1. The molecular weight excluding hydrogens is 388 g/mol. The van der Waals surface area contributed by atoms with E-state index in [9.17, 15) is 4.79 Å². The van der Waals surface area contributed by atoms with Gasteiger partial charge < -0.3 is 5.32 Å². The van der Waals surface area contributed by atoms with E-state index in [2.05, 4.69) is 74.3 Å². The average Bonchev–Trinajstić information content (AvgIpc) is 2.81. The highest BCUT2D eigenvalue weighted by atomic mass is 16.2. The van der Waals surface area contributed by atoms with Crippen molar-refractivity contribution in [3.05, 3.63) is 82.2 Å². The normalized spacial score (nSPS) is 16.6. The maximum absolute atomic E-state index is 12.6. The van der Waals surface area contributed by atoms with Gasteiger partial charge in [0.15, 0.2) is 0 Å². The molecule has 0 bridgehead atoms. The zero-order valence-electron chi connectivity index (χ0n) is 18.0. The molecule has 2 N–H and O–H groups in total. The highest BCUT2D eigenvalue weighted by Gasteiger charge is 2.32. The molecule has 3 rings (SSSR count). The first kappa shape index (κ1) is 22.8. The minimum Gasteiger partial charge on any atom is -0.314 e. The molecule has 1 saturated heterocycles. The Morgan fingerprint density at radius 3 is 2.35 bits per heavy atom. The molecule has 7 heteroatoms. The summed E-state index contributed by atoms with van der Waals surface area (Å²) in [5.74, 6) is 0.234. The highest BCUT2D eigenvalue weighted by molar-refractivity contribution is 5.75. The van der Waals surface area contributed by atoms with E-state index in [0.29, 0.717) is 13.0 Å². The number of hydrogen-bond donors (Lipinski definition) is 2. The minimum atomic E-state index is 0.0711. The Hall–Kier alpha value is -2.86. The van der Waals surface area contributed by atoms with Gasteiger partial charge in [-0.05, 0) is 29.5 Å². The van der Waals surface area contributed by atoms with E-state index in [-0.39, 0.29) is 17.9 Å². The predicted molar refractivity (Wildman–Crippen MR) is 123 cm³/mol. The van der Waals surface area contributed by atoms with Crippen LogP contribution < -0.4 is 10.7 Å². The van der Waals surface area contributed by atoms with Gasteiger partial charge in [-0.1, -0.05) is 78.6 Å². The monoisotopic (exact) mass is 420 g/mol. The molecule has 1 aliphatic rings. The molecule has 1 aliphatic heterocycles. The van der Waals surface area contributed by atoms with Crippen LogP contribution in [0.25, 0.3) is 10.4 Å². The van der Waals surface area contributed by atoms with Crippen molar-refractivity contribution in [1.29, 1.82) is 0 Å². The van der Waals surface area contributed by atoms with Crippen molar-refractivity contribution in [2.75, 3.05) is 26.2 Å². The van der Waals surface area contributed by atoms with Gasteiger partial charge in [0.1, 0.15) is 0 Å². The zero-order valence-corrected chi connectivity index (χ0v) is 18.0.